The third-order valence-electron chi connectivity index (χ3n) is 4.13. The highest BCUT2D eigenvalue weighted by Gasteiger charge is 2.13. The Hall–Kier alpha value is -2.68. The Morgan fingerprint density at radius 3 is 2.17 bits per heavy atom. The molecule has 29 heavy (non-hydrogen) atoms. The van der Waals surface area contributed by atoms with Gasteiger partial charge in [-0.05, 0) is 54.3 Å². The Labute approximate surface area is 176 Å². The lowest BCUT2D eigenvalue weighted by Gasteiger charge is -2.08. The lowest BCUT2D eigenvalue weighted by molar-refractivity contribution is -0.134. The molecule has 7 nitrogen and oxygen atoms in total. The van der Waals surface area contributed by atoms with Gasteiger partial charge in [0.2, 0.25) is 10.0 Å². The van der Waals surface area contributed by atoms with Crippen LogP contribution in [0.5, 0.6) is 0 Å². The highest BCUT2D eigenvalue weighted by atomic mass is 35.5. The number of hydrogen-bond acceptors (Lipinski definition) is 5. The van der Waals surface area contributed by atoms with E-state index in [0.717, 1.165) is 16.7 Å². The van der Waals surface area contributed by atoms with E-state index in [9.17, 15) is 13.2 Å². The zero-order valence-corrected chi connectivity index (χ0v) is 17.8. The van der Waals surface area contributed by atoms with Crippen LogP contribution in [0.4, 0.5) is 0 Å². The first-order valence-corrected chi connectivity index (χ1v) is 10.0. The monoisotopic (exact) mass is 437 g/mol. The van der Waals surface area contributed by atoms with Gasteiger partial charge < -0.3 is 10.5 Å². The van der Waals surface area contributed by atoms with Gasteiger partial charge in [0.25, 0.3) is 0 Å². The van der Waals surface area contributed by atoms with E-state index in [1.807, 2.05) is 31.2 Å². The minimum atomic E-state index is -3.63. The summed E-state index contributed by atoms with van der Waals surface area (Å²) in [7, 11) is -2.31. The third kappa shape index (κ3) is 7.01. The number of halogens is 1. The number of allylic oxidation sites excluding steroid dienone is 1. The van der Waals surface area contributed by atoms with Crippen LogP contribution in [0.15, 0.2) is 59.5 Å². The largest absolute Gasteiger partial charge is 0.466 e. The molecule has 156 valence electrons. The van der Waals surface area contributed by atoms with Crippen LogP contribution in [0, 0.1) is 5.41 Å². The standard InChI is InChI=1S/C20H23N3O4S.ClH/c1-14(13-19(24)27-2)16-5-3-15(4-6-16)11-12-23-28(25,26)18-9-7-17(8-10-18)20(21)22;/h3-10,13,23H,11-12H2,1-2H3,(H3,21,22);1H/b14-13+;. The first-order chi connectivity index (χ1) is 13.2. The summed E-state index contributed by atoms with van der Waals surface area (Å²) in [5.41, 5.74) is 8.47. The summed E-state index contributed by atoms with van der Waals surface area (Å²) < 4.78 is 31.8. The topological polar surface area (TPSA) is 122 Å². The van der Waals surface area contributed by atoms with Crippen LogP contribution in [0.1, 0.15) is 23.6 Å². The maximum Gasteiger partial charge on any atom is 0.330 e. The molecule has 2 aromatic carbocycles. The van der Waals surface area contributed by atoms with Crippen LogP contribution in [0.3, 0.4) is 0 Å². The molecule has 0 aliphatic rings. The van der Waals surface area contributed by atoms with Crippen molar-refractivity contribution in [1.82, 2.24) is 4.72 Å². The Morgan fingerprint density at radius 2 is 1.66 bits per heavy atom. The third-order valence-corrected chi connectivity index (χ3v) is 5.60. The summed E-state index contributed by atoms with van der Waals surface area (Å²) in [4.78, 5) is 11.4. The number of methoxy groups -OCH3 is 1. The van der Waals surface area contributed by atoms with E-state index < -0.39 is 16.0 Å². The predicted molar refractivity (Wildman–Crippen MR) is 116 cm³/mol. The summed E-state index contributed by atoms with van der Waals surface area (Å²) in [6.45, 7) is 2.06. The maximum absolute atomic E-state index is 12.3. The van der Waals surface area contributed by atoms with Crippen molar-refractivity contribution in [2.24, 2.45) is 5.73 Å². The molecule has 2 rings (SSSR count). The number of sulfonamides is 1. The zero-order chi connectivity index (χ0) is 20.7. The minimum absolute atomic E-state index is 0. The van der Waals surface area contributed by atoms with E-state index in [2.05, 4.69) is 9.46 Å². The van der Waals surface area contributed by atoms with E-state index in [4.69, 9.17) is 11.1 Å². The van der Waals surface area contributed by atoms with Gasteiger partial charge in [0.05, 0.1) is 12.0 Å². The van der Waals surface area contributed by atoms with E-state index in [-0.39, 0.29) is 29.7 Å². The average molecular weight is 438 g/mol. The van der Waals surface area contributed by atoms with Crippen molar-refractivity contribution in [2.45, 2.75) is 18.2 Å². The Bertz CT molecular complexity index is 985. The second kappa shape index (κ2) is 10.8. The van der Waals surface area contributed by atoms with Crippen molar-refractivity contribution >= 4 is 39.8 Å². The molecular formula is C20H24ClN3O4S. The van der Waals surface area contributed by atoms with Gasteiger partial charge in [0.15, 0.2) is 0 Å². The fourth-order valence-electron chi connectivity index (χ4n) is 2.48. The van der Waals surface area contributed by atoms with Crippen LogP contribution in [-0.4, -0.2) is 33.9 Å². The number of esters is 1. The van der Waals surface area contributed by atoms with Crippen LogP contribution in [-0.2, 0) is 26.0 Å². The molecular weight excluding hydrogens is 414 g/mol. The molecule has 2 aromatic rings. The molecule has 0 unspecified atom stereocenters. The van der Waals surface area contributed by atoms with Crippen LogP contribution in [0.2, 0.25) is 0 Å². The molecule has 9 heteroatoms. The highest BCUT2D eigenvalue weighted by Crippen LogP contribution is 2.15. The van der Waals surface area contributed by atoms with Gasteiger partial charge in [0.1, 0.15) is 5.84 Å². The molecule has 0 spiro atoms. The van der Waals surface area contributed by atoms with Crippen LogP contribution >= 0.6 is 12.4 Å². The molecule has 0 fully saturated rings. The Kier molecular flexibility index (Phi) is 9.03. The SMILES string of the molecule is COC(=O)/C=C(\C)c1ccc(CCNS(=O)(=O)c2ccc(C(=N)N)cc2)cc1.Cl. The number of carbonyl (C=O) groups excluding carboxylic acids is 1. The number of rotatable bonds is 8. The number of benzene rings is 2. The lowest BCUT2D eigenvalue weighted by Crippen LogP contribution is -2.26. The number of nitrogen functional groups attached to an aromatic ring is 1. The van der Waals surface area contributed by atoms with Crippen molar-refractivity contribution in [3.05, 3.63) is 71.3 Å². The smallest absolute Gasteiger partial charge is 0.330 e. The van der Waals surface area contributed by atoms with Gasteiger partial charge in [-0.15, -0.1) is 12.4 Å². The van der Waals surface area contributed by atoms with Crippen molar-refractivity contribution in [3.8, 4) is 0 Å². The predicted octanol–water partition coefficient (Wildman–Crippen LogP) is 2.49. The van der Waals surface area contributed by atoms with Crippen molar-refractivity contribution in [3.63, 3.8) is 0 Å². The molecule has 0 saturated heterocycles. The molecule has 0 bridgehead atoms. The molecule has 0 heterocycles. The normalized spacial score (nSPS) is 11.4. The van der Waals surface area contributed by atoms with Crippen LogP contribution < -0.4 is 10.5 Å². The fourth-order valence-corrected chi connectivity index (χ4v) is 3.51. The number of ether oxygens (including phenoxy) is 1. The van der Waals surface area contributed by atoms with Gasteiger partial charge in [-0.3, -0.25) is 5.41 Å². The Morgan fingerprint density at radius 1 is 1.10 bits per heavy atom. The second-order valence-electron chi connectivity index (χ2n) is 6.13. The van der Waals surface area contributed by atoms with E-state index in [1.54, 1.807) is 0 Å². The van der Waals surface area contributed by atoms with Crippen molar-refractivity contribution < 1.29 is 17.9 Å². The molecule has 0 radical (unpaired) electrons. The highest BCUT2D eigenvalue weighted by molar-refractivity contribution is 7.89. The summed E-state index contributed by atoms with van der Waals surface area (Å²) in [5.74, 6) is -0.524. The van der Waals surface area contributed by atoms with Gasteiger partial charge in [0, 0.05) is 18.2 Å². The first-order valence-electron chi connectivity index (χ1n) is 8.52. The van der Waals surface area contributed by atoms with Gasteiger partial charge in [-0.25, -0.2) is 17.9 Å². The zero-order valence-electron chi connectivity index (χ0n) is 16.1. The second-order valence-corrected chi connectivity index (χ2v) is 7.90. The van der Waals surface area contributed by atoms with E-state index >= 15 is 0 Å². The summed E-state index contributed by atoms with van der Waals surface area (Å²) in [6.07, 6.45) is 1.94. The lowest BCUT2D eigenvalue weighted by atomic mass is 10.0. The molecule has 4 N–H and O–H groups in total. The average Bonchev–Trinajstić information content (AvgIpc) is 2.68. The number of hydrogen-bond donors (Lipinski definition) is 3. The molecule has 0 aliphatic carbocycles. The number of nitrogens with one attached hydrogen (secondary N) is 2. The van der Waals surface area contributed by atoms with Gasteiger partial charge >= 0.3 is 5.97 Å². The Balaban J connectivity index is 0.00000420. The van der Waals surface area contributed by atoms with Gasteiger partial charge in [-0.1, -0.05) is 24.3 Å². The van der Waals surface area contributed by atoms with Gasteiger partial charge in [-0.2, -0.15) is 0 Å². The first kappa shape index (κ1) is 24.4. The summed E-state index contributed by atoms with van der Waals surface area (Å²) in [6, 6.07) is 13.4. The molecule has 0 amide bonds. The minimum Gasteiger partial charge on any atom is -0.466 e. The molecule has 0 saturated carbocycles. The summed E-state index contributed by atoms with van der Waals surface area (Å²) >= 11 is 0. The number of amidine groups is 1. The van der Waals surface area contributed by atoms with Crippen molar-refractivity contribution in [1.29, 1.82) is 5.41 Å². The molecule has 0 aromatic heterocycles. The summed E-state index contributed by atoms with van der Waals surface area (Å²) in [5, 5.41) is 7.34. The van der Waals surface area contributed by atoms with E-state index in [1.165, 1.54) is 37.5 Å². The molecule has 0 atom stereocenters. The molecule has 0 aliphatic heterocycles. The quantitative estimate of drug-likeness (QED) is 0.253. The maximum atomic E-state index is 12.3. The van der Waals surface area contributed by atoms with Crippen molar-refractivity contribution in [2.75, 3.05) is 13.7 Å². The number of nitrogens with two attached hydrogens (primary N) is 1. The van der Waals surface area contributed by atoms with E-state index in [0.29, 0.717) is 12.0 Å². The fraction of sp³-hybridized carbons (Fsp3) is 0.200. The van der Waals surface area contributed by atoms with Crippen LogP contribution in [0.25, 0.3) is 5.57 Å². The number of carbonyl (C=O) groups is 1.